The van der Waals surface area contributed by atoms with Crippen molar-refractivity contribution < 1.29 is 5.11 Å². The first kappa shape index (κ1) is 16.3. The topological polar surface area (TPSA) is 32.3 Å². The fraction of sp³-hybridized carbons (Fsp3) is 0.294. The minimum atomic E-state index is -0.676. The number of halogens is 2. The highest BCUT2D eigenvalue weighted by atomic mass is 35.5. The summed E-state index contributed by atoms with van der Waals surface area (Å²) >= 11 is 12.0. The number of aryl methyl sites for hydroxylation is 1. The van der Waals surface area contributed by atoms with E-state index in [9.17, 15) is 5.11 Å². The molecule has 112 valence electrons. The summed E-state index contributed by atoms with van der Waals surface area (Å²) in [6.07, 6.45) is 0.325. The largest absolute Gasteiger partial charge is 0.387 e. The summed E-state index contributed by atoms with van der Waals surface area (Å²) in [6.45, 7) is 3.29. The summed E-state index contributed by atoms with van der Waals surface area (Å²) in [5.74, 6) is 0. The lowest BCUT2D eigenvalue weighted by molar-refractivity contribution is 0.174. The molecular formula is C17H19Cl2NO. The highest BCUT2D eigenvalue weighted by Gasteiger charge is 2.12. The van der Waals surface area contributed by atoms with Crippen molar-refractivity contribution in [2.24, 2.45) is 0 Å². The number of benzene rings is 2. The second-order valence-corrected chi connectivity index (χ2v) is 5.78. The van der Waals surface area contributed by atoms with Gasteiger partial charge in [-0.2, -0.15) is 0 Å². The van der Waals surface area contributed by atoms with E-state index in [2.05, 4.69) is 24.4 Å². The van der Waals surface area contributed by atoms with Crippen LogP contribution in [-0.4, -0.2) is 11.7 Å². The zero-order valence-electron chi connectivity index (χ0n) is 11.9. The van der Waals surface area contributed by atoms with E-state index in [-0.39, 0.29) is 0 Å². The fourth-order valence-corrected chi connectivity index (χ4v) is 2.72. The van der Waals surface area contributed by atoms with E-state index in [1.165, 1.54) is 11.1 Å². The maximum atomic E-state index is 10.2. The van der Waals surface area contributed by atoms with Crippen molar-refractivity contribution in [3.05, 3.63) is 69.2 Å². The molecule has 4 heteroatoms. The van der Waals surface area contributed by atoms with E-state index in [0.29, 0.717) is 22.2 Å². The van der Waals surface area contributed by atoms with E-state index in [1.807, 2.05) is 12.1 Å². The lowest BCUT2D eigenvalue weighted by atomic mass is 10.1. The number of hydrogen-bond donors (Lipinski definition) is 2. The van der Waals surface area contributed by atoms with Gasteiger partial charge in [-0.15, -0.1) is 0 Å². The highest BCUT2D eigenvalue weighted by molar-refractivity contribution is 6.33. The van der Waals surface area contributed by atoms with Crippen LogP contribution in [0.25, 0.3) is 0 Å². The minimum absolute atomic E-state index is 0.429. The molecule has 0 saturated heterocycles. The molecule has 0 bridgehead atoms. The molecule has 0 aliphatic rings. The van der Waals surface area contributed by atoms with Crippen molar-refractivity contribution in [3.8, 4) is 0 Å². The van der Waals surface area contributed by atoms with Crippen molar-refractivity contribution in [1.82, 2.24) is 5.32 Å². The van der Waals surface area contributed by atoms with Gasteiger partial charge in [-0.1, -0.05) is 54.4 Å². The Labute approximate surface area is 135 Å². The molecule has 2 aromatic carbocycles. The number of aliphatic hydroxyl groups excluding tert-OH is 1. The van der Waals surface area contributed by atoms with E-state index in [0.717, 1.165) is 13.0 Å². The standard InChI is InChI=1S/C17H19Cl2NO/c1-2-12-5-3-4-6-13(12)10-20-11-17(21)15-9-14(18)7-8-16(15)19/h3-9,17,20-21H,2,10-11H2,1H3. The Balaban J connectivity index is 1.95. The van der Waals surface area contributed by atoms with Gasteiger partial charge in [0, 0.05) is 28.7 Å². The van der Waals surface area contributed by atoms with E-state index < -0.39 is 6.10 Å². The Morgan fingerprint density at radius 3 is 2.52 bits per heavy atom. The van der Waals surface area contributed by atoms with Crippen LogP contribution in [-0.2, 0) is 13.0 Å². The van der Waals surface area contributed by atoms with Crippen LogP contribution >= 0.6 is 23.2 Å². The summed E-state index contributed by atoms with van der Waals surface area (Å²) in [5.41, 5.74) is 3.23. The molecule has 0 spiro atoms. The number of aliphatic hydroxyl groups is 1. The molecule has 1 atom stereocenters. The summed E-state index contributed by atoms with van der Waals surface area (Å²) in [6, 6.07) is 13.4. The third-order valence-corrected chi connectivity index (χ3v) is 4.05. The predicted molar refractivity (Wildman–Crippen MR) is 88.9 cm³/mol. The second-order valence-electron chi connectivity index (χ2n) is 4.93. The van der Waals surface area contributed by atoms with Gasteiger partial charge in [0.2, 0.25) is 0 Å². The van der Waals surface area contributed by atoms with Crippen LogP contribution in [0.3, 0.4) is 0 Å². The molecule has 0 radical (unpaired) electrons. The van der Waals surface area contributed by atoms with Crippen LogP contribution in [0.5, 0.6) is 0 Å². The summed E-state index contributed by atoms with van der Waals surface area (Å²) in [4.78, 5) is 0. The lowest BCUT2D eigenvalue weighted by Gasteiger charge is -2.15. The Bertz CT molecular complexity index is 601. The van der Waals surface area contributed by atoms with Crippen molar-refractivity contribution in [2.75, 3.05) is 6.54 Å². The van der Waals surface area contributed by atoms with Crippen LogP contribution < -0.4 is 5.32 Å². The number of rotatable bonds is 6. The molecule has 2 N–H and O–H groups in total. The Morgan fingerprint density at radius 1 is 1.10 bits per heavy atom. The first-order valence-electron chi connectivity index (χ1n) is 7.02. The molecule has 2 aromatic rings. The second kappa shape index (κ2) is 7.81. The van der Waals surface area contributed by atoms with Gasteiger partial charge in [-0.3, -0.25) is 0 Å². The van der Waals surface area contributed by atoms with Gasteiger partial charge in [0.15, 0.2) is 0 Å². The van der Waals surface area contributed by atoms with Crippen molar-refractivity contribution in [2.45, 2.75) is 26.0 Å². The average molecular weight is 324 g/mol. The normalized spacial score (nSPS) is 12.4. The number of nitrogens with one attached hydrogen (secondary N) is 1. The maximum absolute atomic E-state index is 10.2. The van der Waals surface area contributed by atoms with Gasteiger partial charge in [0.1, 0.15) is 0 Å². The minimum Gasteiger partial charge on any atom is -0.387 e. The van der Waals surface area contributed by atoms with Crippen molar-refractivity contribution in [3.63, 3.8) is 0 Å². The van der Waals surface area contributed by atoms with Gasteiger partial charge < -0.3 is 10.4 Å². The Hall–Kier alpha value is -1.06. The van der Waals surface area contributed by atoms with Gasteiger partial charge in [0.25, 0.3) is 0 Å². The van der Waals surface area contributed by atoms with Crippen molar-refractivity contribution >= 4 is 23.2 Å². The summed E-state index contributed by atoms with van der Waals surface area (Å²) in [7, 11) is 0. The van der Waals surface area contributed by atoms with Gasteiger partial charge in [-0.25, -0.2) is 0 Å². The first-order chi connectivity index (χ1) is 10.1. The molecule has 21 heavy (non-hydrogen) atoms. The van der Waals surface area contributed by atoms with Crippen LogP contribution in [0.1, 0.15) is 29.7 Å². The fourth-order valence-electron chi connectivity index (χ4n) is 2.30. The molecule has 0 aromatic heterocycles. The van der Waals surface area contributed by atoms with Gasteiger partial charge >= 0.3 is 0 Å². The molecule has 0 heterocycles. The van der Waals surface area contributed by atoms with E-state index >= 15 is 0 Å². The van der Waals surface area contributed by atoms with Crippen LogP contribution in [0.15, 0.2) is 42.5 Å². The van der Waals surface area contributed by atoms with E-state index in [4.69, 9.17) is 23.2 Å². The molecular weight excluding hydrogens is 305 g/mol. The van der Waals surface area contributed by atoms with Crippen LogP contribution in [0, 0.1) is 0 Å². The smallest absolute Gasteiger partial charge is 0.0929 e. The Morgan fingerprint density at radius 2 is 1.81 bits per heavy atom. The third-order valence-electron chi connectivity index (χ3n) is 3.47. The quantitative estimate of drug-likeness (QED) is 0.826. The molecule has 0 fully saturated rings. The number of hydrogen-bond acceptors (Lipinski definition) is 2. The molecule has 2 nitrogen and oxygen atoms in total. The summed E-state index contributed by atoms with van der Waals surface area (Å²) < 4.78 is 0. The van der Waals surface area contributed by atoms with Crippen molar-refractivity contribution in [1.29, 1.82) is 0 Å². The van der Waals surface area contributed by atoms with E-state index in [1.54, 1.807) is 18.2 Å². The first-order valence-corrected chi connectivity index (χ1v) is 7.78. The highest BCUT2D eigenvalue weighted by Crippen LogP contribution is 2.26. The van der Waals surface area contributed by atoms with Gasteiger partial charge in [0.05, 0.1) is 6.10 Å². The maximum Gasteiger partial charge on any atom is 0.0929 e. The van der Waals surface area contributed by atoms with Crippen LogP contribution in [0.2, 0.25) is 10.0 Å². The third kappa shape index (κ3) is 4.45. The molecule has 0 amide bonds. The average Bonchev–Trinajstić information content (AvgIpc) is 2.50. The predicted octanol–water partition coefficient (Wildman–Crippen LogP) is 4.38. The molecule has 0 aliphatic carbocycles. The monoisotopic (exact) mass is 323 g/mol. The van der Waals surface area contributed by atoms with Gasteiger partial charge in [-0.05, 0) is 35.7 Å². The summed E-state index contributed by atoms with van der Waals surface area (Å²) in [5, 5.41) is 14.6. The Kier molecular flexibility index (Phi) is 6.07. The lowest BCUT2D eigenvalue weighted by Crippen LogP contribution is -2.21. The molecule has 1 unspecified atom stereocenters. The zero-order chi connectivity index (χ0) is 15.2. The SMILES string of the molecule is CCc1ccccc1CNCC(O)c1cc(Cl)ccc1Cl. The van der Waals surface area contributed by atoms with Crippen LogP contribution in [0.4, 0.5) is 0 Å². The zero-order valence-corrected chi connectivity index (χ0v) is 13.5. The molecule has 0 aliphatic heterocycles. The molecule has 0 saturated carbocycles. The molecule has 2 rings (SSSR count).